The minimum Gasteiger partial charge on any atom is -0.372 e. The first-order chi connectivity index (χ1) is 4.22. The summed E-state index contributed by atoms with van der Waals surface area (Å²) >= 11 is 0. The molecule has 0 aliphatic carbocycles. The van der Waals surface area contributed by atoms with Crippen LogP contribution in [0.1, 0.15) is 6.92 Å². The maximum Gasteiger partial charge on any atom is 0.171 e. The van der Waals surface area contributed by atoms with Crippen molar-refractivity contribution in [3.8, 4) is 0 Å². The van der Waals surface area contributed by atoms with Gasteiger partial charge in [-0.3, -0.25) is 9.59 Å². The van der Waals surface area contributed by atoms with Crippen molar-refractivity contribution < 1.29 is 14.3 Å². The molecule has 1 rings (SSSR count). The highest BCUT2D eigenvalue weighted by Gasteiger charge is 2.28. The Kier molecular flexibility index (Phi) is 1.62. The summed E-state index contributed by atoms with van der Waals surface area (Å²) in [5, 5.41) is 0. The zero-order valence-corrected chi connectivity index (χ0v) is 5.22. The predicted molar refractivity (Wildman–Crippen MR) is 30.0 cm³/mol. The average molecular weight is 128 g/mol. The molecule has 0 radical (unpaired) electrons. The quantitative estimate of drug-likeness (QED) is 0.459. The molecule has 1 atom stereocenters. The fourth-order valence-corrected chi connectivity index (χ4v) is 0.815. The normalized spacial score (nSPS) is 26.8. The molecule has 0 aromatic heterocycles. The Balaban J connectivity index is 2.60. The average Bonchev–Trinajstić information content (AvgIpc) is 2.13. The molecule has 0 bridgehead atoms. The van der Waals surface area contributed by atoms with Crippen LogP contribution < -0.4 is 0 Å². The fourth-order valence-electron chi connectivity index (χ4n) is 0.815. The van der Waals surface area contributed by atoms with Crippen LogP contribution in [0.25, 0.3) is 0 Å². The van der Waals surface area contributed by atoms with Gasteiger partial charge < -0.3 is 4.74 Å². The van der Waals surface area contributed by atoms with Gasteiger partial charge in [0.15, 0.2) is 5.78 Å². The van der Waals surface area contributed by atoms with E-state index in [0.717, 1.165) is 0 Å². The molecule has 50 valence electrons. The van der Waals surface area contributed by atoms with Crippen molar-refractivity contribution in [2.75, 3.05) is 13.2 Å². The third-order valence-corrected chi connectivity index (χ3v) is 1.41. The molecule has 0 aromatic rings. The minimum atomic E-state index is -0.468. The molecule has 0 saturated carbocycles. The van der Waals surface area contributed by atoms with E-state index in [1.807, 2.05) is 0 Å². The van der Waals surface area contributed by atoms with Gasteiger partial charge in [-0.25, -0.2) is 0 Å². The maximum absolute atomic E-state index is 10.7. The lowest BCUT2D eigenvalue weighted by Gasteiger charge is -1.96. The van der Waals surface area contributed by atoms with Crippen LogP contribution in [0.4, 0.5) is 0 Å². The number of carbonyl (C=O) groups excluding carboxylic acids is 2. The molecule has 9 heavy (non-hydrogen) atoms. The van der Waals surface area contributed by atoms with Gasteiger partial charge in [0, 0.05) is 0 Å². The van der Waals surface area contributed by atoms with Crippen molar-refractivity contribution in [2.45, 2.75) is 6.92 Å². The number of rotatable bonds is 1. The van der Waals surface area contributed by atoms with Gasteiger partial charge in [-0.15, -0.1) is 0 Å². The molecule has 1 unspecified atom stereocenters. The van der Waals surface area contributed by atoms with E-state index < -0.39 is 5.92 Å². The number of Topliss-reactive ketones (excluding diaryl/α,β-unsaturated/α-hetero) is 2. The predicted octanol–water partition coefficient (Wildman–Crippen LogP) is -0.209. The summed E-state index contributed by atoms with van der Waals surface area (Å²) in [6.07, 6.45) is 0. The molecular weight excluding hydrogens is 120 g/mol. The Labute approximate surface area is 53.0 Å². The van der Waals surface area contributed by atoms with E-state index in [4.69, 9.17) is 4.74 Å². The van der Waals surface area contributed by atoms with Crippen molar-refractivity contribution in [3.05, 3.63) is 0 Å². The highest BCUT2D eigenvalue weighted by atomic mass is 16.5. The van der Waals surface area contributed by atoms with Gasteiger partial charge in [0.2, 0.25) is 0 Å². The van der Waals surface area contributed by atoms with Crippen LogP contribution in [0.5, 0.6) is 0 Å². The Hall–Kier alpha value is -0.700. The topological polar surface area (TPSA) is 43.4 Å². The summed E-state index contributed by atoms with van der Waals surface area (Å²) in [6.45, 7) is 1.82. The molecule has 1 heterocycles. The van der Waals surface area contributed by atoms with Gasteiger partial charge in [0.05, 0.1) is 6.61 Å². The standard InChI is InChI=1S/C6H8O3/c1-4(7)5-2-9-3-6(5)8/h5H,2-3H2,1H3. The summed E-state index contributed by atoms with van der Waals surface area (Å²) in [6, 6.07) is 0. The van der Waals surface area contributed by atoms with E-state index >= 15 is 0 Å². The van der Waals surface area contributed by atoms with E-state index in [2.05, 4.69) is 0 Å². The minimum absolute atomic E-state index is 0.0810. The third kappa shape index (κ3) is 1.16. The summed E-state index contributed by atoms with van der Waals surface area (Å²) in [5.74, 6) is -0.634. The number of hydrogen-bond donors (Lipinski definition) is 0. The number of ketones is 2. The van der Waals surface area contributed by atoms with Crippen LogP contribution in [0.2, 0.25) is 0 Å². The molecule has 1 fully saturated rings. The van der Waals surface area contributed by atoms with E-state index in [1.165, 1.54) is 6.92 Å². The molecular formula is C6H8O3. The van der Waals surface area contributed by atoms with Crippen LogP contribution >= 0.6 is 0 Å². The van der Waals surface area contributed by atoms with Crippen molar-refractivity contribution in [1.29, 1.82) is 0 Å². The molecule has 0 spiro atoms. The molecule has 0 amide bonds. The first-order valence-electron chi connectivity index (χ1n) is 2.82. The van der Waals surface area contributed by atoms with Crippen molar-refractivity contribution in [1.82, 2.24) is 0 Å². The molecule has 3 heteroatoms. The second-order valence-corrected chi connectivity index (χ2v) is 2.14. The third-order valence-electron chi connectivity index (χ3n) is 1.41. The Morgan fingerprint density at radius 1 is 1.78 bits per heavy atom. The van der Waals surface area contributed by atoms with Gasteiger partial charge >= 0.3 is 0 Å². The van der Waals surface area contributed by atoms with Gasteiger partial charge in [0.1, 0.15) is 18.3 Å². The van der Waals surface area contributed by atoms with Gasteiger partial charge in [-0.05, 0) is 6.92 Å². The van der Waals surface area contributed by atoms with Gasteiger partial charge in [-0.2, -0.15) is 0 Å². The molecule has 1 saturated heterocycles. The van der Waals surface area contributed by atoms with Crippen molar-refractivity contribution in [2.24, 2.45) is 5.92 Å². The highest BCUT2D eigenvalue weighted by Crippen LogP contribution is 2.08. The second kappa shape index (κ2) is 2.27. The SMILES string of the molecule is CC(=O)C1COCC1=O. The monoisotopic (exact) mass is 128 g/mol. The molecule has 1 aliphatic heterocycles. The number of hydrogen-bond acceptors (Lipinski definition) is 3. The van der Waals surface area contributed by atoms with Gasteiger partial charge in [-0.1, -0.05) is 0 Å². The Morgan fingerprint density at radius 2 is 2.44 bits per heavy atom. The van der Waals surface area contributed by atoms with Crippen molar-refractivity contribution >= 4 is 11.6 Å². The van der Waals surface area contributed by atoms with E-state index in [1.54, 1.807) is 0 Å². The summed E-state index contributed by atoms with van der Waals surface area (Å²) in [4.78, 5) is 21.2. The van der Waals surface area contributed by atoms with Crippen LogP contribution in [-0.2, 0) is 14.3 Å². The summed E-state index contributed by atoms with van der Waals surface area (Å²) in [5.41, 5.74) is 0. The van der Waals surface area contributed by atoms with E-state index in [-0.39, 0.29) is 24.8 Å². The lowest BCUT2D eigenvalue weighted by molar-refractivity contribution is -0.128. The van der Waals surface area contributed by atoms with E-state index in [9.17, 15) is 9.59 Å². The highest BCUT2D eigenvalue weighted by molar-refractivity contribution is 6.03. The summed E-state index contributed by atoms with van der Waals surface area (Å²) in [7, 11) is 0. The number of carbonyl (C=O) groups is 2. The number of ether oxygens (including phenoxy) is 1. The van der Waals surface area contributed by atoms with Crippen LogP contribution in [-0.4, -0.2) is 24.8 Å². The Morgan fingerprint density at radius 3 is 2.67 bits per heavy atom. The molecule has 0 aromatic carbocycles. The second-order valence-electron chi connectivity index (χ2n) is 2.14. The zero-order chi connectivity index (χ0) is 6.85. The first kappa shape index (κ1) is 6.42. The molecule has 1 aliphatic rings. The zero-order valence-electron chi connectivity index (χ0n) is 5.22. The smallest absolute Gasteiger partial charge is 0.171 e. The molecule has 0 N–H and O–H groups in total. The molecule has 3 nitrogen and oxygen atoms in total. The Bertz CT molecular complexity index is 150. The summed E-state index contributed by atoms with van der Waals surface area (Å²) < 4.78 is 4.76. The first-order valence-corrected chi connectivity index (χ1v) is 2.82. The lowest BCUT2D eigenvalue weighted by Crippen LogP contribution is -2.18. The van der Waals surface area contributed by atoms with Crippen molar-refractivity contribution in [3.63, 3.8) is 0 Å². The van der Waals surface area contributed by atoms with E-state index in [0.29, 0.717) is 0 Å². The maximum atomic E-state index is 10.7. The fraction of sp³-hybridized carbons (Fsp3) is 0.667. The van der Waals surface area contributed by atoms with Crippen LogP contribution in [0.3, 0.4) is 0 Å². The van der Waals surface area contributed by atoms with Crippen LogP contribution in [0.15, 0.2) is 0 Å². The lowest BCUT2D eigenvalue weighted by atomic mass is 10.0. The van der Waals surface area contributed by atoms with Crippen LogP contribution in [0, 0.1) is 5.92 Å². The largest absolute Gasteiger partial charge is 0.372 e. The van der Waals surface area contributed by atoms with Gasteiger partial charge in [0.25, 0.3) is 0 Å².